The number of nitrogens with two attached hydrogens (primary N) is 1. The highest BCUT2D eigenvalue weighted by molar-refractivity contribution is 6.14. The molecule has 1 aliphatic rings. The van der Waals surface area contributed by atoms with E-state index < -0.39 is 0 Å². The van der Waals surface area contributed by atoms with Gasteiger partial charge in [0.25, 0.3) is 0 Å². The van der Waals surface area contributed by atoms with Gasteiger partial charge in [-0.05, 0) is 30.2 Å². The first kappa shape index (κ1) is 15.3. The SMILES string of the molecule is C/C(C(=Nc1ccccc1)c1ccccc1)=C(/N)C1=CCNC1. The zero-order chi connectivity index (χ0) is 16.1. The zero-order valence-electron chi connectivity index (χ0n) is 13.3. The minimum Gasteiger partial charge on any atom is -0.398 e. The molecule has 23 heavy (non-hydrogen) atoms. The smallest absolute Gasteiger partial charge is 0.0758 e. The Morgan fingerprint density at radius 1 is 1.00 bits per heavy atom. The van der Waals surface area contributed by atoms with Crippen molar-refractivity contribution >= 4 is 11.4 Å². The highest BCUT2D eigenvalue weighted by Crippen LogP contribution is 2.21. The number of allylic oxidation sites excluding steroid dienone is 1. The number of hydrogen-bond acceptors (Lipinski definition) is 3. The van der Waals surface area contributed by atoms with Gasteiger partial charge in [0.05, 0.1) is 11.4 Å². The summed E-state index contributed by atoms with van der Waals surface area (Å²) in [6.45, 7) is 3.74. The largest absolute Gasteiger partial charge is 0.398 e. The molecule has 0 atom stereocenters. The van der Waals surface area contributed by atoms with Crippen molar-refractivity contribution in [3.05, 3.63) is 89.1 Å². The van der Waals surface area contributed by atoms with Crippen LogP contribution in [0.3, 0.4) is 0 Å². The van der Waals surface area contributed by atoms with Crippen molar-refractivity contribution in [3.8, 4) is 0 Å². The van der Waals surface area contributed by atoms with Crippen molar-refractivity contribution in [3.63, 3.8) is 0 Å². The van der Waals surface area contributed by atoms with E-state index in [-0.39, 0.29) is 0 Å². The molecule has 3 heteroatoms. The third-order valence-corrected chi connectivity index (χ3v) is 3.96. The van der Waals surface area contributed by atoms with Crippen LogP contribution < -0.4 is 11.1 Å². The standard InChI is InChI=1S/C20H21N3/c1-15(19(21)17-12-13-22-14-17)20(16-8-4-2-5-9-16)23-18-10-6-3-7-11-18/h2-12,22H,13-14,21H2,1H3/b19-15-,23-20?. The third-order valence-electron chi connectivity index (χ3n) is 3.96. The van der Waals surface area contributed by atoms with Crippen molar-refractivity contribution < 1.29 is 0 Å². The van der Waals surface area contributed by atoms with Crippen LogP contribution in [-0.4, -0.2) is 18.8 Å². The Bertz CT molecular complexity index is 756. The number of nitrogens with zero attached hydrogens (tertiary/aromatic N) is 1. The van der Waals surface area contributed by atoms with Crippen LogP contribution in [0.2, 0.25) is 0 Å². The van der Waals surface area contributed by atoms with Crippen molar-refractivity contribution in [2.45, 2.75) is 6.92 Å². The molecule has 0 radical (unpaired) electrons. The van der Waals surface area contributed by atoms with Gasteiger partial charge >= 0.3 is 0 Å². The lowest BCUT2D eigenvalue weighted by Crippen LogP contribution is -2.16. The Hall–Kier alpha value is -2.65. The van der Waals surface area contributed by atoms with Gasteiger partial charge in [0.15, 0.2) is 0 Å². The Kier molecular flexibility index (Phi) is 4.69. The van der Waals surface area contributed by atoms with Gasteiger partial charge in [0.2, 0.25) is 0 Å². The summed E-state index contributed by atoms with van der Waals surface area (Å²) < 4.78 is 0. The molecule has 0 saturated carbocycles. The van der Waals surface area contributed by atoms with E-state index in [0.717, 1.165) is 46.9 Å². The van der Waals surface area contributed by atoms with Crippen molar-refractivity contribution in [2.24, 2.45) is 10.7 Å². The molecule has 3 N–H and O–H groups in total. The Morgan fingerprint density at radius 3 is 2.26 bits per heavy atom. The molecule has 0 aromatic heterocycles. The summed E-state index contributed by atoms with van der Waals surface area (Å²) in [5.74, 6) is 0. The fourth-order valence-electron chi connectivity index (χ4n) is 2.64. The van der Waals surface area contributed by atoms with Crippen molar-refractivity contribution in [2.75, 3.05) is 13.1 Å². The van der Waals surface area contributed by atoms with Gasteiger partial charge in [-0.1, -0.05) is 54.6 Å². The number of hydrogen-bond donors (Lipinski definition) is 2. The van der Waals surface area contributed by atoms with Gasteiger partial charge < -0.3 is 11.1 Å². The topological polar surface area (TPSA) is 50.4 Å². The van der Waals surface area contributed by atoms with Crippen LogP contribution in [0.1, 0.15) is 12.5 Å². The van der Waals surface area contributed by atoms with Crippen molar-refractivity contribution in [1.29, 1.82) is 0 Å². The predicted molar refractivity (Wildman–Crippen MR) is 96.9 cm³/mol. The normalized spacial score (nSPS) is 16.0. The second-order valence-corrected chi connectivity index (χ2v) is 5.56. The average molecular weight is 303 g/mol. The molecule has 2 aromatic carbocycles. The Balaban J connectivity index is 2.09. The van der Waals surface area contributed by atoms with Gasteiger partial charge in [-0.15, -0.1) is 0 Å². The summed E-state index contributed by atoms with van der Waals surface area (Å²) in [6, 6.07) is 20.2. The van der Waals surface area contributed by atoms with Gasteiger partial charge in [0.1, 0.15) is 0 Å². The minimum atomic E-state index is 0.813. The van der Waals surface area contributed by atoms with Gasteiger partial charge in [-0.25, -0.2) is 4.99 Å². The number of aliphatic imine (C=N–C) groups is 1. The predicted octanol–water partition coefficient (Wildman–Crippen LogP) is 3.57. The summed E-state index contributed by atoms with van der Waals surface area (Å²) >= 11 is 0. The highest BCUT2D eigenvalue weighted by atomic mass is 14.9. The molecule has 3 nitrogen and oxygen atoms in total. The second kappa shape index (κ2) is 7.07. The van der Waals surface area contributed by atoms with Gasteiger partial charge in [0, 0.05) is 24.4 Å². The molecule has 0 spiro atoms. The van der Waals surface area contributed by atoms with E-state index >= 15 is 0 Å². The lowest BCUT2D eigenvalue weighted by atomic mass is 9.99. The Labute approximate surface area is 137 Å². The Morgan fingerprint density at radius 2 is 1.65 bits per heavy atom. The minimum absolute atomic E-state index is 0.813. The molecule has 0 aliphatic carbocycles. The monoisotopic (exact) mass is 303 g/mol. The third kappa shape index (κ3) is 3.58. The molecule has 0 fully saturated rings. The van der Waals surface area contributed by atoms with E-state index in [0.29, 0.717) is 0 Å². The summed E-state index contributed by atoms with van der Waals surface area (Å²) in [5.41, 5.74) is 12.3. The maximum atomic E-state index is 6.40. The molecular weight excluding hydrogens is 282 g/mol. The first-order valence-corrected chi connectivity index (χ1v) is 7.81. The zero-order valence-corrected chi connectivity index (χ0v) is 13.3. The quantitative estimate of drug-likeness (QED) is 0.848. The van der Waals surface area contributed by atoms with E-state index in [4.69, 9.17) is 10.7 Å². The van der Waals surface area contributed by atoms with Crippen LogP contribution in [0, 0.1) is 0 Å². The lowest BCUT2D eigenvalue weighted by molar-refractivity contribution is 0.875. The summed E-state index contributed by atoms with van der Waals surface area (Å²) in [4.78, 5) is 4.85. The molecule has 0 amide bonds. The lowest BCUT2D eigenvalue weighted by Gasteiger charge is -2.12. The van der Waals surface area contributed by atoms with Crippen LogP contribution >= 0.6 is 0 Å². The molecule has 3 rings (SSSR count). The van der Waals surface area contributed by atoms with Gasteiger partial charge in [-0.3, -0.25) is 0 Å². The molecule has 0 unspecified atom stereocenters. The summed E-state index contributed by atoms with van der Waals surface area (Å²) in [7, 11) is 0. The molecule has 0 bridgehead atoms. The number of rotatable bonds is 4. The molecule has 1 heterocycles. The number of para-hydroxylation sites is 1. The van der Waals surface area contributed by atoms with Crippen LogP contribution in [0.4, 0.5) is 5.69 Å². The fraction of sp³-hybridized carbons (Fsp3) is 0.150. The van der Waals surface area contributed by atoms with Crippen LogP contribution in [0.5, 0.6) is 0 Å². The average Bonchev–Trinajstić information content (AvgIpc) is 3.15. The number of nitrogens with one attached hydrogen (secondary N) is 1. The molecule has 1 aliphatic heterocycles. The van der Waals surface area contributed by atoms with Crippen LogP contribution in [0.15, 0.2) is 88.6 Å². The first-order valence-electron chi connectivity index (χ1n) is 7.81. The molecule has 2 aromatic rings. The van der Waals surface area contributed by atoms with E-state index in [9.17, 15) is 0 Å². The van der Waals surface area contributed by atoms with Gasteiger partial charge in [-0.2, -0.15) is 0 Å². The fourth-order valence-corrected chi connectivity index (χ4v) is 2.64. The van der Waals surface area contributed by atoms with Crippen LogP contribution in [0.25, 0.3) is 0 Å². The first-order chi connectivity index (χ1) is 11.3. The van der Waals surface area contributed by atoms with E-state index in [1.807, 2.05) is 55.5 Å². The number of benzene rings is 2. The van der Waals surface area contributed by atoms with E-state index in [2.05, 4.69) is 23.5 Å². The summed E-state index contributed by atoms with van der Waals surface area (Å²) in [5, 5.41) is 3.29. The summed E-state index contributed by atoms with van der Waals surface area (Å²) in [6.07, 6.45) is 2.14. The molecule has 0 saturated heterocycles. The van der Waals surface area contributed by atoms with Crippen LogP contribution in [-0.2, 0) is 0 Å². The van der Waals surface area contributed by atoms with E-state index in [1.165, 1.54) is 0 Å². The maximum absolute atomic E-state index is 6.40. The molecular formula is C20H21N3. The maximum Gasteiger partial charge on any atom is 0.0758 e. The molecule has 116 valence electrons. The highest BCUT2D eigenvalue weighted by Gasteiger charge is 2.14. The van der Waals surface area contributed by atoms with E-state index in [1.54, 1.807) is 0 Å². The second-order valence-electron chi connectivity index (χ2n) is 5.56. The van der Waals surface area contributed by atoms with Crippen molar-refractivity contribution in [1.82, 2.24) is 5.32 Å².